The molecule has 3 fully saturated rings. The molecule has 1 spiro atoms. The van der Waals surface area contributed by atoms with Gasteiger partial charge in [0.05, 0.1) is 6.54 Å². The molecule has 1 aromatic heterocycles. The number of amides is 1. The van der Waals surface area contributed by atoms with Gasteiger partial charge in [-0.3, -0.25) is 4.79 Å². The topological polar surface area (TPSA) is 64.3 Å². The number of imidazole rings is 1. The summed E-state index contributed by atoms with van der Waals surface area (Å²) in [7, 11) is 0. The predicted molar refractivity (Wildman–Crippen MR) is 126 cm³/mol. The maximum Gasteiger partial charge on any atom is 0.253 e. The zero-order chi connectivity index (χ0) is 21.8. The van der Waals surface area contributed by atoms with Crippen molar-refractivity contribution < 1.29 is 4.79 Å². The third-order valence-electron chi connectivity index (χ3n) is 8.05. The van der Waals surface area contributed by atoms with Crippen LogP contribution >= 0.6 is 0 Å². The van der Waals surface area contributed by atoms with Gasteiger partial charge < -0.3 is 20.1 Å². The van der Waals surface area contributed by atoms with Gasteiger partial charge in [0.15, 0.2) is 0 Å². The molecule has 1 aliphatic carbocycles. The molecule has 5 rings (SSSR count). The first kappa shape index (κ1) is 21.7. The second-order valence-electron chi connectivity index (χ2n) is 10.1. The van der Waals surface area contributed by atoms with Gasteiger partial charge in [0.1, 0.15) is 5.82 Å². The Morgan fingerprint density at radius 1 is 1.03 bits per heavy atom. The van der Waals surface area contributed by atoms with Gasteiger partial charge in [0, 0.05) is 43.6 Å². The molecule has 2 aromatic rings. The lowest BCUT2D eigenvalue weighted by Gasteiger charge is -2.43. The Labute approximate surface area is 191 Å². The standard InChI is InChI=1S/C26H37N5O/c32-25(22-8-6-21(7-9-22)18-27-19-24-28-13-14-29-24)31-17-12-26(20-31)10-15-30(16-11-26)23-4-2-1-3-5-23/h6-9,13-14,23,27H,1-5,10-12,15-20H2,(H,28,29). The smallest absolute Gasteiger partial charge is 0.253 e. The van der Waals surface area contributed by atoms with E-state index >= 15 is 0 Å². The lowest BCUT2D eigenvalue weighted by Crippen LogP contribution is -2.47. The first-order chi connectivity index (χ1) is 15.7. The fourth-order valence-electron chi connectivity index (χ4n) is 5.99. The van der Waals surface area contributed by atoms with Crippen molar-refractivity contribution in [1.29, 1.82) is 0 Å². The second-order valence-corrected chi connectivity index (χ2v) is 10.1. The van der Waals surface area contributed by atoms with Crippen LogP contribution < -0.4 is 5.32 Å². The summed E-state index contributed by atoms with van der Waals surface area (Å²) in [5.41, 5.74) is 2.36. The van der Waals surface area contributed by atoms with Crippen molar-refractivity contribution in [2.24, 2.45) is 5.41 Å². The summed E-state index contributed by atoms with van der Waals surface area (Å²) in [6, 6.07) is 8.94. The molecular formula is C26H37N5O. The first-order valence-corrected chi connectivity index (χ1v) is 12.5. The average molecular weight is 436 g/mol. The van der Waals surface area contributed by atoms with E-state index in [4.69, 9.17) is 0 Å². The van der Waals surface area contributed by atoms with Crippen LogP contribution in [0.2, 0.25) is 0 Å². The van der Waals surface area contributed by atoms with Crippen LogP contribution in [0.1, 0.15) is 73.1 Å². The first-order valence-electron chi connectivity index (χ1n) is 12.5. The maximum absolute atomic E-state index is 13.2. The number of carbonyl (C=O) groups is 1. The molecule has 0 atom stereocenters. The zero-order valence-corrected chi connectivity index (χ0v) is 19.2. The summed E-state index contributed by atoms with van der Waals surface area (Å²) in [6.07, 6.45) is 14.3. The largest absolute Gasteiger partial charge is 0.348 e. The molecule has 6 heteroatoms. The number of aromatic nitrogens is 2. The number of benzene rings is 1. The van der Waals surface area contributed by atoms with Crippen molar-refractivity contribution in [2.75, 3.05) is 26.2 Å². The minimum absolute atomic E-state index is 0.201. The number of nitrogens with zero attached hydrogens (tertiary/aromatic N) is 3. The van der Waals surface area contributed by atoms with Crippen molar-refractivity contribution in [3.05, 3.63) is 53.6 Å². The van der Waals surface area contributed by atoms with Crippen LogP contribution in [0, 0.1) is 5.41 Å². The van der Waals surface area contributed by atoms with Crippen molar-refractivity contribution in [3.63, 3.8) is 0 Å². The highest BCUT2D eigenvalue weighted by Crippen LogP contribution is 2.42. The van der Waals surface area contributed by atoms with Crippen LogP contribution in [0.5, 0.6) is 0 Å². The van der Waals surface area contributed by atoms with Gasteiger partial charge >= 0.3 is 0 Å². The summed E-state index contributed by atoms with van der Waals surface area (Å²) < 4.78 is 0. The van der Waals surface area contributed by atoms with E-state index in [1.807, 2.05) is 18.3 Å². The molecule has 2 aliphatic heterocycles. The Morgan fingerprint density at radius 3 is 2.50 bits per heavy atom. The second kappa shape index (κ2) is 9.75. The number of aromatic amines is 1. The average Bonchev–Trinajstić information content (AvgIpc) is 3.51. The lowest BCUT2D eigenvalue weighted by atomic mass is 9.77. The van der Waals surface area contributed by atoms with E-state index < -0.39 is 0 Å². The highest BCUT2D eigenvalue weighted by molar-refractivity contribution is 5.94. The number of carbonyl (C=O) groups excluding carboxylic acids is 1. The summed E-state index contributed by atoms with van der Waals surface area (Å²) in [5, 5.41) is 3.38. The monoisotopic (exact) mass is 435 g/mol. The van der Waals surface area contributed by atoms with Crippen LogP contribution in [-0.4, -0.2) is 57.9 Å². The van der Waals surface area contributed by atoms with E-state index in [1.165, 1.54) is 70.0 Å². The van der Waals surface area contributed by atoms with Crippen molar-refractivity contribution in [2.45, 2.75) is 70.5 Å². The summed E-state index contributed by atoms with van der Waals surface area (Å²) >= 11 is 0. The lowest BCUT2D eigenvalue weighted by molar-refractivity contribution is 0.0565. The van der Waals surface area contributed by atoms with E-state index in [0.29, 0.717) is 12.0 Å². The quantitative estimate of drug-likeness (QED) is 0.721. The van der Waals surface area contributed by atoms with E-state index in [1.54, 1.807) is 6.20 Å². The molecule has 0 radical (unpaired) electrons. The molecule has 1 amide bonds. The normalized spacial score (nSPS) is 21.9. The molecular weight excluding hydrogens is 398 g/mol. The van der Waals surface area contributed by atoms with Crippen molar-refractivity contribution in [1.82, 2.24) is 25.1 Å². The Hall–Kier alpha value is -2.18. The molecule has 1 aromatic carbocycles. The number of H-pyrrole nitrogens is 1. The van der Waals surface area contributed by atoms with Gasteiger partial charge in [-0.2, -0.15) is 0 Å². The number of piperidine rings is 1. The molecule has 32 heavy (non-hydrogen) atoms. The fourth-order valence-corrected chi connectivity index (χ4v) is 5.99. The Bertz CT molecular complexity index is 864. The number of hydrogen-bond acceptors (Lipinski definition) is 4. The van der Waals surface area contributed by atoms with Gasteiger partial charge in [-0.25, -0.2) is 4.98 Å². The molecule has 3 heterocycles. The van der Waals surface area contributed by atoms with E-state index in [9.17, 15) is 4.79 Å². The maximum atomic E-state index is 13.2. The van der Waals surface area contributed by atoms with Crippen LogP contribution in [0.25, 0.3) is 0 Å². The molecule has 172 valence electrons. The number of nitrogens with one attached hydrogen (secondary N) is 2. The molecule has 0 bridgehead atoms. The van der Waals surface area contributed by atoms with E-state index in [-0.39, 0.29) is 5.91 Å². The molecule has 6 nitrogen and oxygen atoms in total. The SMILES string of the molecule is O=C(c1ccc(CNCc2ncc[nH]2)cc1)N1CCC2(CCN(C3CCCCC3)CC2)C1. The van der Waals surface area contributed by atoms with Crippen molar-refractivity contribution >= 4 is 5.91 Å². The number of rotatable bonds is 6. The highest BCUT2D eigenvalue weighted by atomic mass is 16.2. The number of likely N-dealkylation sites (tertiary alicyclic amines) is 2. The van der Waals surface area contributed by atoms with Crippen LogP contribution in [-0.2, 0) is 13.1 Å². The molecule has 0 unspecified atom stereocenters. The third-order valence-corrected chi connectivity index (χ3v) is 8.05. The summed E-state index contributed by atoms with van der Waals surface area (Å²) in [5.74, 6) is 1.14. The van der Waals surface area contributed by atoms with Crippen molar-refractivity contribution in [3.8, 4) is 0 Å². The van der Waals surface area contributed by atoms with Gasteiger partial charge in [-0.1, -0.05) is 31.4 Å². The van der Waals surface area contributed by atoms with Crippen LogP contribution in [0.4, 0.5) is 0 Å². The molecule has 2 saturated heterocycles. The van der Waals surface area contributed by atoms with Gasteiger partial charge in [0.2, 0.25) is 0 Å². The van der Waals surface area contributed by atoms with Gasteiger partial charge in [-0.15, -0.1) is 0 Å². The fraction of sp³-hybridized carbons (Fsp3) is 0.615. The minimum Gasteiger partial charge on any atom is -0.348 e. The van der Waals surface area contributed by atoms with Gasteiger partial charge in [-0.05, 0) is 68.3 Å². The highest BCUT2D eigenvalue weighted by Gasteiger charge is 2.43. The van der Waals surface area contributed by atoms with Crippen LogP contribution in [0.15, 0.2) is 36.7 Å². The van der Waals surface area contributed by atoms with E-state index in [2.05, 4.69) is 37.2 Å². The van der Waals surface area contributed by atoms with Gasteiger partial charge in [0.25, 0.3) is 5.91 Å². The Kier molecular flexibility index (Phi) is 6.60. The molecule has 1 saturated carbocycles. The summed E-state index contributed by atoms with van der Waals surface area (Å²) in [6.45, 7) is 5.78. The minimum atomic E-state index is 0.201. The Balaban J connectivity index is 1.10. The number of hydrogen-bond donors (Lipinski definition) is 2. The zero-order valence-electron chi connectivity index (χ0n) is 19.2. The Morgan fingerprint density at radius 2 is 1.78 bits per heavy atom. The molecule has 3 aliphatic rings. The van der Waals surface area contributed by atoms with E-state index in [0.717, 1.165) is 37.1 Å². The molecule has 2 N–H and O–H groups in total. The third kappa shape index (κ3) is 4.91. The summed E-state index contributed by atoms with van der Waals surface area (Å²) in [4.78, 5) is 25.3. The van der Waals surface area contributed by atoms with Crippen LogP contribution in [0.3, 0.4) is 0 Å². The predicted octanol–water partition coefficient (Wildman–Crippen LogP) is 3.96.